The molecule has 1 unspecified atom stereocenters. The van der Waals surface area contributed by atoms with Gasteiger partial charge in [-0.1, -0.05) is 29.3 Å². The second kappa shape index (κ2) is 14.2. The maximum Gasteiger partial charge on any atom is 0.436 e. The number of imidazole rings is 1. The van der Waals surface area contributed by atoms with E-state index in [9.17, 15) is 19.2 Å². The first-order chi connectivity index (χ1) is 18.9. The van der Waals surface area contributed by atoms with Gasteiger partial charge in [0.1, 0.15) is 24.1 Å². The van der Waals surface area contributed by atoms with Crippen LogP contribution in [0, 0.1) is 0 Å². The van der Waals surface area contributed by atoms with Gasteiger partial charge in [0.2, 0.25) is 11.9 Å². The molecule has 0 saturated heterocycles. The van der Waals surface area contributed by atoms with Crippen LogP contribution in [0.2, 0.25) is 10.0 Å². The number of carbonyl (C=O) groups excluding carboxylic acids is 4. The lowest BCUT2D eigenvalue weighted by Crippen LogP contribution is -2.43. The minimum Gasteiger partial charge on any atom is -0.446 e. The zero-order valence-corrected chi connectivity index (χ0v) is 25.1. The number of hydrogen-bond donors (Lipinski definition) is 3. The maximum atomic E-state index is 12.6. The molecule has 1 heterocycles. The van der Waals surface area contributed by atoms with Crippen LogP contribution in [0.5, 0.6) is 0 Å². The van der Waals surface area contributed by atoms with Crippen LogP contribution in [0.25, 0.3) is 0 Å². The van der Waals surface area contributed by atoms with Gasteiger partial charge in [0.15, 0.2) is 0 Å². The molecule has 0 fully saturated rings. The number of rotatable bonds is 7. The first-order valence-electron chi connectivity index (χ1n) is 12.4. The summed E-state index contributed by atoms with van der Waals surface area (Å²) in [5, 5.41) is 5.43. The fraction of sp³-hybridized carbons (Fsp3) is 0.462. The molecule has 0 aliphatic heterocycles. The lowest BCUT2D eigenvalue weighted by molar-refractivity contribution is -0.119. The number of nitrogens with two attached hydrogens (primary N) is 1. The highest BCUT2D eigenvalue weighted by Gasteiger charge is 2.25. The number of nitrogens with one attached hydrogen (secondary N) is 2. The van der Waals surface area contributed by atoms with Gasteiger partial charge >= 0.3 is 18.3 Å². The first kappa shape index (κ1) is 33.4. The van der Waals surface area contributed by atoms with Gasteiger partial charge in [0.25, 0.3) is 0 Å². The van der Waals surface area contributed by atoms with Gasteiger partial charge < -0.3 is 25.3 Å². The smallest absolute Gasteiger partial charge is 0.436 e. The first-order valence-corrected chi connectivity index (χ1v) is 13.2. The predicted molar refractivity (Wildman–Crippen MR) is 152 cm³/mol. The van der Waals surface area contributed by atoms with Crippen molar-refractivity contribution in [1.29, 1.82) is 0 Å². The van der Waals surface area contributed by atoms with Gasteiger partial charge in [-0.2, -0.15) is 0 Å². The number of aliphatic imine (C=N–C) groups is 1. The van der Waals surface area contributed by atoms with Crippen LogP contribution in [0.1, 0.15) is 52.8 Å². The number of aromatic nitrogens is 2. The molecular formula is C26H34Cl2N6O7. The van der Waals surface area contributed by atoms with Crippen LogP contribution >= 0.6 is 23.2 Å². The van der Waals surface area contributed by atoms with Crippen molar-refractivity contribution in [1.82, 2.24) is 20.2 Å². The van der Waals surface area contributed by atoms with Crippen molar-refractivity contribution in [3.05, 3.63) is 52.0 Å². The van der Waals surface area contributed by atoms with Crippen molar-refractivity contribution in [3.8, 4) is 0 Å². The van der Waals surface area contributed by atoms with E-state index in [0.717, 1.165) is 0 Å². The molecule has 4 N–H and O–H groups in total. The van der Waals surface area contributed by atoms with E-state index in [4.69, 9.17) is 43.1 Å². The highest BCUT2D eigenvalue weighted by molar-refractivity contribution is 6.36. The third-order valence-corrected chi connectivity index (χ3v) is 5.48. The molecule has 0 radical (unpaired) electrons. The zero-order chi connectivity index (χ0) is 31.0. The van der Waals surface area contributed by atoms with E-state index in [1.165, 1.54) is 17.1 Å². The van der Waals surface area contributed by atoms with E-state index in [-0.39, 0.29) is 12.8 Å². The fourth-order valence-corrected chi connectivity index (χ4v) is 3.74. The molecule has 0 aliphatic carbocycles. The van der Waals surface area contributed by atoms with Crippen molar-refractivity contribution < 1.29 is 33.4 Å². The van der Waals surface area contributed by atoms with Crippen LogP contribution in [0.15, 0.2) is 35.7 Å². The Morgan fingerprint density at radius 1 is 1.05 bits per heavy atom. The Hall–Kier alpha value is -3.84. The van der Waals surface area contributed by atoms with E-state index >= 15 is 0 Å². The molecule has 2 rings (SSSR count). The summed E-state index contributed by atoms with van der Waals surface area (Å²) >= 11 is 12.1. The Morgan fingerprint density at radius 3 is 2.24 bits per heavy atom. The van der Waals surface area contributed by atoms with Crippen molar-refractivity contribution >= 4 is 53.3 Å². The van der Waals surface area contributed by atoms with E-state index in [1.54, 1.807) is 59.7 Å². The summed E-state index contributed by atoms with van der Waals surface area (Å²) in [5.41, 5.74) is 4.87. The number of halogens is 2. The normalized spacial score (nSPS) is 12.7. The van der Waals surface area contributed by atoms with Gasteiger partial charge in [-0.15, -0.1) is 4.99 Å². The second-order valence-electron chi connectivity index (χ2n) is 10.8. The average molecular weight is 613 g/mol. The van der Waals surface area contributed by atoms with E-state index in [2.05, 4.69) is 20.6 Å². The number of alkyl carbamates (subject to hydrolysis) is 1. The summed E-state index contributed by atoms with van der Waals surface area (Å²) < 4.78 is 17.0. The number of amides is 3. The minimum atomic E-state index is -1.14. The molecule has 13 nitrogen and oxygen atoms in total. The Bertz CT molecular complexity index is 1280. The van der Waals surface area contributed by atoms with E-state index < -0.39 is 54.0 Å². The Morgan fingerprint density at radius 2 is 1.66 bits per heavy atom. The summed E-state index contributed by atoms with van der Waals surface area (Å²) in [6.45, 7) is 9.81. The predicted octanol–water partition coefficient (Wildman–Crippen LogP) is 4.22. The molecule has 1 aromatic carbocycles. The minimum absolute atomic E-state index is 0.000290. The standard InChI is InChI=1S/C26H34Cl2N6O7/c1-25(2,3)40-23(37)31-15(10-16-12-30-14-34(16)24(38)41-26(4,5)6)13-39-22(36)33-21(29)32-20(35)11-17-18(27)8-7-9-19(17)28/h7-9,12,14-15H,10-11,13H2,1-6H3,(H,31,37)(H3,29,32,33,35,36). The number of hydrogen-bond acceptors (Lipinski definition) is 8. The highest BCUT2D eigenvalue weighted by Crippen LogP contribution is 2.24. The number of benzene rings is 1. The van der Waals surface area contributed by atoms with Crippen LogP contribution in [0.3, 0.4) is 0 Å². The molecule has 1 aromatic heterocycles. The van der Waals surface area contributed by atoms with Crippen molar-refractivity contribution in [2.75, 3.05) is 6.61 Å². The summed E-state index contributed by atoms with van der Waals surface area (Å²) in [6, 6.07) is 3.91. The van der Waals surface area contributed by atoms with E-state index in [0.29, 0.717) is 21.3 Å². The molecular weight excluding hydrogens is 579 g/mol. The van der Waals surface area contributed by atoms with Gasteiger partial charge in [0, 0.05) is 22.7 Å². The highest BCUT2D eigenvalue weighted by atomic mass is 35.5. The molecule has 0 aliphatic rings. The van der Waals surface area contributed by atoms with Gasteiger partial charge in [-0.3, -0.25) is 10.1 Å². The molecule has 15 heteroatoms. The maximum absolute atomic E-state index is 12.6. The second-order valence-corrected chi connectivity index (χ2v) is 11.6. The van der Waals surface area contributed by atoms with Crippen LogP contribution in [-0.4, -0.2) is 63.5 Å². The summed E-state index contributed by atoms with van der Waals surface area (Å²) in [7, 11) is 0. The number of ether oxygens (including phenoxy) is 3. The molecule has 0 bridgehead atoms. The van der Waals surface area contributed by atoms with Crippen molar-refractivity contribution in [2.45, 2.75) is 71.6 Å². The average Bonchev–Trinajstić information content (AvgIpc) is 3.26. The molecule has 224 valence electrons. The Balaban J connectivity index is 2.08. The van der Waals surface area contributed by atoms with Crippen LogP contribution < -0.4 is 16.4 Å². The zero-order valence-electron chi connectivity index (χ0n) is 23.6. The van der Waals surface area contributed by atoms with Gasteiger partial charge in [-0.25, -0.2) is 23.9 Å². The molecule has 2 aromatic rings. The lowest BCUT2D eigenvalue weighted by Gasteiger charge is -2.24. The number of carbonyl (C=O) groups is 4. The van der Waals surface area contributed by atoms with Crippen LogP contribution in [-0.2, 0) is 31.8 Å². The topological polar surface area (TPSA) is 176 Å². The van der Waals surface area contributed by atoms with Crippen molar-refractivity contribution in [2.24, 2.45) is 10.7 Å². The summed E-state index contributed by atoms with van der Waals surface area (Å²) in [6.07, 6.45) is -0.137. The van der Waals surface area contributed by atoms with Gasteiger partial charge in [-0.05, 0) is 59.2 Å². The molecule has 3 amide bonds. The largest absolute Gasteiger partial charge is 0.446 e. The molecule has 1 atom stereocenters. The summed E-state index contributed by atoms with van der Waals surface area (Å²) in [4.78, 5) is 57.2. The fourth-order valence-electron chi connectivity index (χ4n) is 3.21. The summed E-state index contributed by atoms with van der Waals surface area (Å²) in [5.74, 6) is -1.14. The third-order valence-electron chi connectivity index (χ3n) is 4.77. The van der Waals surface area contributed by atoms with Crippen LogP contribution in [0.4, 0.5) is 14.4 Å². The SMILES string of the molecule is CC(C)(C)OC(=O)NC(COC(=O)/N=C(\N)NC(=O)Cc1c(Cl)cccc1Cl)Cc1cncn1C(=O)OC(C)(C)C. The number of guanidine groups is 1. The van der Waals surface area contributed by atoms with E-state index in [1.807, 2.05) is 0 Å². The quantitative estimate of drug-likeness (QED) is 0.234. The lowest BCUT2D eigenvalue weighted by atomic mass is 10.1. The molecule has 0 spiro atoms. The monoisotopic (exact) mass is 612 g/mol. The Labute approximate surface area is 247 Å². The van der Waals surface area contributed by atoms with Gasteiger partial charge in [0.05, 0.1) is 18.2 Å². The molecule has 0 saturated carbocycles. The third kappa shape index (κ3) is 12.1. The number of nitrogens with zero attached hydrogens (tertiary/aromatic N) is 3. The van der Waals surface area contributed by atoms with Crippen molar-refractivity contribution in [3.63, 3.8) is 0 Å². The Kier molecular flexibility index (Phi) is 11.5. The molecule has 41 heavy (non-hydrogen) atoms.